The van der Waals surface area contributed by atoms with Gasteiger partial charge in [-0.1, -0.05) is 6.07 Å². The van der Waals surface area contributed by atoms with E-state index in [1.165, 1.54) is 10.6 Å². The minimum Gasteiger partial charge on any atom is -0.408 e. The summed E-state index contributed by atoms with van der Waals surface area (Å²) in [5.74, 6) is -0.454. The van der Waals surface area contributed by atoms with E-state index in [-0.39, 0.29) is 11.8 Å². The Kier molecular flexibility index (Phi) is 4.72. The van der Waals surface area contributed by atoms with Gasteiger partial charge in [0.05, 0.1) is 5.52 Å². The summed E-state index contributed by atoms with van der Waals surface area (Å²) in [6, 6.07) is 8.12. The van der Waals surface area contributed by atoms with Crippen molar-refractivity contribution >= 4 is 22.9 Å². The van der Waals surface area contributed by atoms with E-state index in [1.54, 1.807) is 30.3 Å². The van der Waals surface area contributed by atoms with Crippen molar-refractivity contribution in [3.05, 3.63) is 58.5 Å². The molecule has 3 heterocycles. The van der Waals surface area contributed by atoms with Crippen molar-refractivity contribution in [3.63, 3.8) is 0 Å². The van der Waals surface area contributed by atoms with Crippen LogP contribution in [-0.2, 0) is 13.6 Å². The van der Waals surface area contributed by atoms with Gasteiger partial charge in [-0.05, 0) is 29.8 Å². The lowest BCUT2D eigenvalue weighted by Gasteiger charge is -2.35. The lowest BCUT2D eigenvalue weighted by molar-refractivity contribution is 0.193. The second-order valence-corrected chi connectivity index (χ2v) is 6.67. The molecule has 0 atom stereocenters. The number of carbonyl (C=O) groups excluding carboxylic acids is 1. The number of aryl methyl sites for hydroxylation is 1. The van der Waals surface area contributed by atoms with E-state index < -0.39 is 5.76 Å². The average Bonchev–Trinajstić information content (AvgIpc) is 3.00. The van der Waals surface area contributed by atoms with Gasteiger partial charge in [0.2, 0.25) is 0 Å². The normalized spacial score (nSPS) is 14.5. The maximum absolute atomic E-state index is 13.9. The van der Waals surface area contributed by atoms with Crippen molar-refractivity contribution in [1.29, 1.82) is 0 Å². The first-order chi connectivity index (χ1) is 13.5. The Balaban J connectivity index is 1.34. The fraction of sp³-hybridized carbons (Fsp3) is 0.316. The van der Waals surface area contributed by atoms with Crippen LogP contribution in [0.2, 0.25) is 0 Å². The highest BCUT2D eigenvalue weighted by Gasteiger charge is 2.23. The molecule has 0 radical (unpaired) electrons. The molecule has 9 heteroatoms. The third-order valence-electron chi connectivity index (χ3n) is 4.91. The maximum atomic E-state index is 13.9. The van der Waals surface area contributed by atoms with E-state index >= 15 is 0 Å². The number of benzene rings is 1. The maximum Gasteiger partial charge on any atom is 0.419 e. The summed E-state index contributed by atoms with van der Waals surface area (Å²) in [6.45, 7) is 2.34. The Bertz CT molecular complexity index is 1070. The SMILES string of the molecule is Cn1c(=O)oc2ccc(CNC(=O)N3CCN(c4ncccc4F)CC3)cc21. The number of pyridine rings is 1. The number of anilines is 1. The number of urea groups is 1. The highest BCUT2D eigenvalue weighted by Crippen LogP contribution is 2.17. The topological polar surface area (TPSA) is 83.6 Å². The molecule has 0 saturated carbocycles. The monoisotopic (exact) mass is 385 g/mol. The van der Waals surface area contributed by atoms with Crippen molar-refractivity contribution in [2.75, 3.05) is 31.1 Å². The molecule has 8 nitrogen and oxygen atoms in total. The third kappa shape index (κ3) is 3.42. The van der Waals surface area contributed by atoms with E-state index in [4.69, 9.17) is 4.42 Å². The molecule has 2 aromatic heterocycles. The van der Waals surface area contributed by atoms with Crippen LogP contribution in [0.3, 0.4) is 0 Å². The van der Waals surface area contributed by atoms with Crippen LogP contribution in [0.1, 0.15) is 5.56 Å². The number of hydrogen-bond acceptors (Lipinski definition) is 5. The molecule has 1 aromatic carbocycles. The number of amides is 2. The lowest BCUT2D eigenvalue weighted by Crippen LogP contribution is -2.52. The van der Waals surface area contributed by atoms with Crippen LogP contribution in [0, 0.1) is 5.82 Å². The van der Waals surface area contributed by atoms with Gasteiger partial charge in [-0.2, -0.15) is 0 Å². The van der Waals surface area contributed by atoms with Gasteiger partial charge in [-0.15, -0.1) is 0 Å². The van der Waals surface area contributed by atoms with Gasteiger partial charge in [0.1, 0.15) is 0 Å². The van der Waals surface area contributed by atoms with E-state index in [0.717, 1.165) is 5.56 Å². The Hall–Kier alpha value is -3.36. The van der Waals surface area contributed by atoms with Crippen LogP contribution < -0.4 is 16.0 Å². The number of nitrogens with one attached hydrogen (secondary N) is 1. The second-order valence-electron chi connectivity index (χ2n) is 6.67. The predicted octanol–water partition coefficient (Wildman–Crippen LogP) is 1.70. The number of nitrogens with zero attached hydrogens (tertiary/aromatic N) is 4. The first-order valence-corrected chi connectivity index (χ1v) is 8.99. The molecule has 1 N–H and O–H groups in total. The van der Waals surface area contributed by atoms with Gasteiger partial charge in [0.25, 0.3) is 0 Å². The zero-order chi connectivity index (χ0) is 19.7. The van der Waals surface area contributed by atoms with Crippen molar-refractivity contribution in [2.24, 2.45) is 7.05 Å². The number of rotatable bonds is 3. The quantitative estimate of drug-likeness (QED) is 0.742. The van der Waals surface area contributed by atoms with Crippen LogP contribution >= 0.6 is 0 Å². The predicted molar refractivity (Wildman–Crippen MR) is 102 cm³/mol. The number of aromatic nitrogens is 2. The minimum absolute atomic E-state index is 0.178. The van der Waals surface area contributed by atoms with Crippen molar-refractivity contribution in [3.8, 4) is 0 Å². The number of hydrogen-bond donors (Lipinski definition) is 1. The zero-order valence-corrected chi connectivity index (χ0v) is 15.4. The molecule has 4 rings (SSSR count). The number of oxazole rings is 1. The minimum atomic E-state index is -0.418. The average molecular weight is 385 g/mol. The van der Waals surface area contributed by atoms with Gasteiger partial charge >= 0.3 is 11.8 Å². The fourth-order valence-corrected chi connectivity index (χ4v) is 3.30. The molecule has 3 aromatic rings. The molecule has 1 saturated heterocycles. The lowest BCUT2D eigenvalue weighted by atomic mass is 10.2. The van der Waals surface area contributed by atoms with Crippen molar-refractivity contribution in [1.82, 2.24) is 19.8 Å². The molecule has 1 aliphatic heterocycles. The Morgan fingerprint density at radius 1 is 1.25 bits per heavy atom. The molecular weight excluding hydrogens is 365 g/mol. The molecule has 0 spiro atoms. The Morgan fingerprint density at radius 3 is 2.79 bits per heavy atom. The molecule has 0 bridgehead atoms. The molecule has 0 unspecified atom stereocenters. The number of carbonyl (C=O) groups is 1. The molecule has 28 heavy (non-hydrogen) atoms. The van der Waals surface area contributed by atoms with E-state index in [1.807, 2.05) is 17.0 Å². The van der Waals surface area contributed by atoms with Crippen molar-refractivity contribution < 1.29 is 13.6 Å². The van der Waals surface area contributed by atoms with Gasteiger partial charge in [0.15, 0.2) is 17.2 Å². The molecule has 1 fully saturated rings. The van der Waals surface area contributed by atoms with Gasteiger partial charge < -0.3 is 19.5 Å². The summed E-state index contributed by atoms with van der Waals surface area (Å²) >= 11 is 0. The highest BCUT2D eigenvalue weighted by molar-refractivity contribution is 5.76. The van der Waals surface area contributed by atoms with Crippen molar-refractivity contribution in [2.45, 2.75) is 6.54 Å². The molecule has 1 aliphatic rings. The molecule has 146 valence electrons. The summed E-state index contributed by atoms with van der Waals surface area (Å²) in [7, 11) is 1.64. The fourth-order valence-electron chi connectivity index (χ4n) is 3.30. The summed E-state index contributed by atoms with van der Waals surface area (Å²) in [6.07, 6.45) is 1.56. The first-order valence-electron chi connectivity index (χ1n) is 8.99. The smallest absolute Gasteiger partial charge is 0.408 e. The largest absolute Gasteiger partial charge is 0.419 e. The zero-order valence-electron chi connectivity index (χ0n) is 15.4. The standard InChI is InChI=1S/C19H20FN5O3/c1-23-15-11-13(4-5-16(15)28-19(23)27)12-22-18(26)25-9-7-24(8-10-25)17-14(20)3-2-6-21-17/h2-6,11H,7-10,12H2,1H3,(H,22,26). The van der Waals surface area contributed by atoms with Crippen LogP contribution in [-0.4, -0.2) is 46.7 Å². The Morgan fingerprint density at radius 2 is 2.04 bits per heavy atom. The first kappa shape index (κ1) is 18.0. The molecule has 2 amide bonds. The van der Waals surface area contributed by atoms with E-state index in [0.29, 0.717) is 49.6 Å². The van der Waals surface area contributed by atoms with Crippen LogP contribution in [0.5, 0.6) is 0 Å². The highest BCUT2D eigenvalue weighted by atomic mass is 19.1. The number of fused-ring (bicyclic) bond motifs is 1. The summed E-state index contributed by atoms with van der Waals surface area (Å²) in [4.78, 5) is 31.6. The molecule has 0 aliphatic carbocycles. The van der Waals surface area contributed by atoms with E-state index in [9.17, 15) is 14.0 Å². The van der Waals surface area contributed by atoms with Crippen LogP contribution in [0.25, 0.3) is 11.1 Å². The second kappa shape index (κ2) is 7.34. The summed E-state index contributed by atoms with van der Waals surface area (Å²) in [5, 5.41) is 2.89. The van der Waals surface area contributed by atoms with Gasteiger partial charge in [-0.25, -0.2) is 19.0 Å². The third-order valence-corrected chi connectivity index (χ3v) is 4.91. The summed E-state index contributed by atoms with van der Waals surface area (Å²) < 4.78 is 20.4. The van der Waals surface area contributed by atoms with Crippen LogP contribution in [0.4, 0.5) is 15.0 Å². The van der Waals surface area contributed by atoms with Gasteiger partial charge in [0, 0.05) is 46.0 Å². The Labute approximate surface area is 160 Å². The van der Waals surface area contributed by atoms with E-state index in [2.05, 4.69) is 10.3 Å². The van der Waals surface area contributed by atoms with Gasteiger partial charge in [-0.3, -0.25) is 4.57 Å². The number of piperazine rings is 1. The molecular formula is C19H20FN5O3. The summed E-state index contributed by atoms with van der Waals surface area (Å²) in [5.41, 5.74) is 2.06. The van der Waals surface area contributed by atoms with Crippen LogP contribution in [0.15, 0.2) is 45.7 Å². The number of halogens is 1.